The Labute approximate surface area is 122 Å². The quantitative estimate of drug-likeness (QED) is 0.748. The van der Waals surface area contributed by atoms with E-state index in [4.69, 9.17) is 5.73 Å². The van der Waals surface area contributed by atoms with E-state index in [0.717, 1.165) is 10.8 Å². The van der Waals surface area contributed by atoms with Crippen LogP contribution in [0.4, 0.5) is 0 Å². The molecule has 0 saturated heterocycles. The summed E-state index contributed by atoms with van der Waals surface area (Å²) in [5, 5.41) is 9.48. The normalized spacial score (nSPS) is 12.7. The van der Waals surface area contributed by atoms with E-state index in [1.165, 1.54) is 11.1 Å². The largest absolute Gasteiger partial charge is 0.329 e. The van der Waals surface area contributed by atoms with Crippen LogP contribution in [0.1, 0.15) is 16.4 Å². The van der Waals surface area contributed by atoms with Crippen molar-refractivity contribution in [2.45, 2.75) is 17.3 Å². The van der Waals surface area contributed by atoms with Gasteiger partial charge in [0.15, 0.2) is 10.8 Å². The zero-order valence-corrected chi connectivity index (χ0v) is 12.0. The van der Waals surface area contributed by atoms with E-state index in [9.17, 15) is 0 Å². The first-order valence-corrected chi connectivity index (χ1v) is 7.39. The first-order valence-electron chi connectivity index (χ1n) is 6.51. The molecule has 0 amide bonds. The van der Waals surface area contributed by atoms with E-state index >= 15 is 0 Å². The van der Waals surface area contributed by atoms with Gasteiger partial charge < -0.3 is 5.73 Å². The second-order valence-electron chi connectivity index (χ2n) is 4.67. The summed E-state index contributed by atoms with van der Waals surface area (Å²) in [7, 11) is 0. The molecule has 0 radical (unpaired) electrons. The van der Waals surface area contributed by atoms with Crippen LogP contribution in [0.3, 0.4) is 0 Å². The number of rotatable bonds is 4. The first kappa shape index (κ1) is 13.1. The number of thioether (sulfide) groups is 1. The number of fused-ring (bicyclic) bond motifs is 1. The van der Waals surface area contributed by atoms with Gasteiger partial charge in [0.1, 0.15) is 0 Å². The number of benzene rings is 1. The highest BCUT2D eigenvalue weighted by molar-refractivity contribution is 7.99. The van der Waals surface area contributed by atoms with Gasteiger partial charge in [0.25, 0.3) is 0 Å². The average molecular weight is 284 g/mol. The van der Waals surface area contributed by atoms with Crippen molar-refractivity contribution in [3.05, 3.63) is 59.8 Å². The number of hydrogen-bond acceptors (Lipinski definition) is 4. The maximum Gasteiger partial charge on any atom is 0.196 e. The SMILES string of the molecule is Cc1cccc(C(CN)Sc2nnc3ccccn23)c1. The summed E-state index contributed by atoms with van der Waals surface area (Å²) in [5.41, 5.74) is 9.26. The van der Waals surface area contributed by atoms with Crippen molar-refractivity contribution in [1.82, 2.24) is 14.6 Å². The maximum absolute atomic E-state index is 5.94. The minimum Gasteiger partial charge on any atom is -0.329 e. The van der Waals surface area contributed by atoms with Gasteiger partial charge >= 0.3 is 0 Å². The first-order chi connectivity index (χ1) is 9.78. The Hall–Kier alpha value is -1.85. The Bertz CT molecular complexity index is 722. The molecule has 20 heavy (non-hydrogen) atoms. The van der Waals surface area contributed by atoms with Crippen molar-refractivity contribution in [1.29, 1.82) is 0 Å². The lowest BCUT2D eigenvalue weighted by atomic mass is 10.1. The van der Waals surface area contributed by atoms with Gasteiger partial charge in [-0.2, -0.15) is 0 Å². The van der Waals surface area contributed by atoms with Gasteiger partial charge in [-0.05, 0) is 24.6 Å². The van der Waals surface area contributed by atoms with Crippen LogP contribution in [-0.2, 0) is 0 Å². The van der Waals surface area contributed by atoms with Gasteiger partial charge in [0, 0.05) is 18.0 Å². The van der Waals surface area contributed by atoms with Gasteiger partial charge in [0.05, 0.1) is 0 Å². The second kappa shape index (κ2) is 5.64. The topological polar surface area (TPSA) is 56.2 Å². The van der Waals surface area contributed by atoms with Crippen LogP contribution in [0.5, 0.6) is 0 Å². The summed E-state index contributed by atoms with van der Waals surface area (Å²) >= 11 is 1.65. The number of hydrogen-bond donors (Lipinski definition) is 1. The smallest absolute Gasteiger partial charge is 0.196 e. The summed E-state index contributed by atoms with van der Waals surface area (Å²) in [5.74, 6) is 0. The van der Waals surface area contributed by atoms with Crippen LogP contribution < -0.4 is 5.73 Å². The lowest BCUT2D eigenvalue weighted by molar-refractivity contribution is 0.887. The molecule has 2 N–H and O–H groups in total. The molecule has 102 valence electrons. The molecule has 3 aromatic rings. The summed E-state index contributed by atoms with van der Waals surface area (Å²) in [6.07, 6.45) is 1.97. The number of aromatic nitrogens is 3. The molecule has 0 bridgehead atoms. The van der Waals surface area contributed by atoms with E-state index in [1.54, 1.807) is 11.8 Å². The predicted molar refractivity (Wildman–Crippen MR) is 81.8 cm³/mol. The predicted octanol–water partition coefficient (Wildman–Crippen LogP) is 2.83. The standard InChI is InChI=1S/C15H16N4S/c1-11-5-4-6-12(9-11)13(10-16)20-15-18-17-14-7-2-3-8-19(14)15/h2-9,13H,10,16H2,1H3. The van der Waals surface area contributed by atoms with Gasteiger partial charge in [-0.15, -0.1) is 10.2 Å². The second-order valence-corrected chi connectivity index (χ2v) is 5.84. The van der Waals surface area contributed by atoms with E-state index < -0.39 is 0 Å². The van der Waals surface area contributed by atoms with Crippen molar-refractivity contribution in [3.63, 3.8) is 0 Å². The van der Waals surface area contributed by atoms with Gasteiger partial charge in [-0.25, -0.2) is 0 Å². The lowest BCUT2D eigenvalue weighted by Crippen LogP contribution is -2.10. The minimum absolute atomic E-state index is 0.183. The lowest BCUT2D eigenvalue weighted by Gasteiger charge is -2.14. The molecule has 0 saturated carbocycles. The Morgan fingerprint density at radius 3 is 2.90 bits per heavy atom. The Balaban J connectivity index is 1.92. The summed E-state index contributed by atoms with van der Waals surface area (Å²) in [6, 6.07) is 14.3. The van der Waals surface area contributed by atoms with Crippen molar-refractivity contribution in [2.75, 3.05) is 6.54 Å². The molecule has 1 aromatic carbocycles. The molecule has 1 unspecified atom stereocenters. The van der Waals surface area contributed by atoms with Gasteiger partial charge in [-0.1, -0.05) is 47.7 Å². The molecule has 4 nitrogen and oxygen atoms in total. The third kappa shape index (κ3) is 2.55. The third-order valence-electron chi connectivity index (χ3n) is 3.16. The highest BCUT2D eigenvalue weighted by Crippen LogP contribution is 2.33. The minimum atomic E-state index is 0.183. The van der Waals surface area contributed by atoms with Crippen LogP contribution in [0.25, 0.3) is 5.65 Å². The number of pyridine rings is 1. The fourth-order valence-electron chi connectivity index (χ4n) is 2.15. The average Bonchev–Trinajstić information content (AvgIpc) is 2.88. The summed E-state index contributed by atoms with van der Waals surface area (Å²) in [6.45, 7) is 2.66. The van der Waals surface area contributed by atoms with E-state index in [2.05, 4.69) is 41.4 Å². The van der Waals surface area contributed by atoms with E-state index in [-0.39, 0.29) is 5.25 Å². The monoisotopic (exact) mass is 284 g/mol. The number of nitrogens with two attached hydrogens (primary N) is 1. The third-order valence-corrected chi connectivity index (χ3v) is 4.40. The molecular weight excluding hydrogens is 268 g/mol. The molecule has 0 aliphatic heterocycles. The van der Waals surface area contributed by atoms with E-state index in [1.807, 2.05) is 28.8 Å². The van der Waals surface area contributed by atoms with Crippen molar-refractivity contribution in [2.24, 2.45) is 5.73 Å². The molecule has 2 aromatic heterocycles. The zero-order chi connectivity index (χ0) is 13.9. The molecule has 0 spiro atoms. The van der Waals surface area contributed by atoms with Crippen LogP contribution in [-0.4, -0.2) is 21.1 Å². The van der Waals surface area contributed by atoms with E-state index in [0.29, 0.717) is 6.54 Å². The van der Waals surface area contributed by atoms with Crippen molar-refractivity contribution >= 4 is 17.4 Å². The zero-order valence-electron chi connectivity index (χ0n) is 11.2. The highest BCUT2D eigenvalue weighted by atomic mass is 32.2. The highest BCUT2D eigenvalue weighted by Gasteiger charge is 2.15. The Morgan fingerprint density at radius 2 is 2.10 bits per heavy atom. The molecule has 1 atom stereocenters. The fraction of sp³-hybridized carbons (Fsp3) is 0.200. The molecule has 0 aliphatic rings. The molecule has 0 fully saturated rings. The van der Waals surface area contributed by atoms with Gasteiger partial charge in [-0.3, -0.25) is 4.40 Å². The molecule has 2 heterocycles. The van der Waals surface area contributed by atoms with Crippen molar-refractivity contribution < 1.29 is 0 Å². The molecule has 0 aliphatic carbocycles. The molecular formula is C15H16N4S. The summed E-state index contributed by atoms with van der Waals surface area (Å²) in [4.78, 5) is 0. The van der Waals surface area contributed by atoms with Gasteiger partial charge in [0.2, 0.25) is 0 Å². The maximum atomic E-state index is 5.94. The fourth-order valence-corrected chi connectivity index (χ4v) is 3.14. The Morgan fingerprint density at radius 1 is 1.20 bits per heavy atom. The van der Waals surface area contributed by atoms with Crippen LogP contribution in [0.15, 0.2) is 53.8 Å². The number of nitrogens with zero attached hydrogens (tertiary/aromatic N) is 3. The Kier molecular flexibility index (Phi) is 3.71. The molecule has 3 rings (SSSR count). The van der Waals surface area contributed by atoms with Crippen LogP contribution >= 0.6 is 11.8 Å². The van der Waals surface area contributed by atoms with Crippen LogP contribution in [0, 0.1) is 6.92 Å². The summed E-state index contributed by atoms with van der Waals surface area (Å²) < 4.78 is 1.99. The van der Waals surface area contributed by atoms with Crippen LogP contribution in [0.2, 0.25) is 0 Å². The molecule has 5 heteroatoms. The van der Waals surface area contributed by atoms with Crippen molar-refractivity contribution in [3.8, 4) is 0 Å². The number of aryl methyl sites for hydroxylation is 1.